The van der Waals surface area contributed by atoms with Gasteiger partial charge in [-0.2, -0.15) is 0 Å². The van der Waals surface area contributed by atoms with Crippen LogP contribution in [0, 0.1) is 11.7 Å². The second kappa shape index (κ2) is 6.88. The van der Waals surface area contributed by atoms with E-state index in [-0.39, 0.29) is 10.8 Å². The molecule has 0 aliphatic rings. The number of hydrogen-bond donors (Lipinski definition) is 2. The van der Waals surface area contributed by atoms with E-state index in [1.807, 2.05) is 4.72 Å². The number of sulfonamides is 1. The molecule has 0 aliphatic carbocycles. The minimum absolute atomic E-state index is 0.197. The molecule has 0 aliphatic heterocycles. The Morgan fingerprint density at radius 2 is 1.76 bits per heavy atom. The summed E-state index contributed by atoms with van der Waals surface area (Å²) in [6.45, 7) is 2.68. The molecule has 0 bridgehead atoms. The van der Waals surface area contributed by atoms with Crippen LogP contribution in [-0.2, 0) is 19.6 Å². The number of carbonyl (C=O) groups is 2. The lowest BCUT2D eigenvalue weighted by molar-refractivity contribution is -0.137. The zero-order valence-corrected chi connectivity index (χ0v) is 12.5. The van der Waals surface area contributed by atoms with Gasteiger partial charge in [-0.25, -0.2) is 17.5 Å². The minimum Gasteiger partial charge on any atom is -0.321 e. The van der Waals surface area contributed by atoms with Crippen LogP contribution in [0.5, 0.6) is 0 Å². The van der Waals surface area contributed by atoms with E-state index in [9.17, 15) is 22.4 Å². The predicted octanol–water partition coefficient (Wildman–Crippen LogP) is 0.226. The van der Waals surface area contributed by atoms with Gasteiger partial charge in [-0.1, -0.05) is 13.8 Å². The third kappa shape index (κ3) is 4.69. The summed E-state index contributed by atoms with van der Waals surface area (Å²) in [7, 11) is -3.98. The molecule has 0 amide bonds. The highest BCUT2D eigenvalue weighted by Crippen LogP contribution is 2.09. The van der Waals surface area contributed by atoms with E-state index in [1.165, 1.54) is 0 Å². The van der Waals surface area contributed by atoms with Gasteiger partial charge in [0.05, 0.1) is 17.5 Å². The Morgan fingerprint density at radius 1 is 1.24 bits per heavy atom. The normalized spacial score (nSPS) is 13.2. The number of rotatable bonds is 7. The van der Waals surface area contributed by atoms with E-state index in [0.717, 1.165) is 24.3 Å². The van der Waals surface area contributed by atoms with Gasteiger partial charge in [-0.3, -0.25) is 9.59 Å². The second-order valence-corrected chi connectivity index (χ2v) is 6.60. The molecule has 116 valence electrons. The van der Waals surface area contributed by atoms with E-state index >= 15 is 0 Å². The molecule has 0 unspecified atom stereocenters. The first-order chi connectivity index (χ1) is 9.65. The lowest BCUT2D eigenvalue weighted by atomic mass is 9.98. The largest absolute Gasteiger partial charge is 0.321 e. The molecule has 0 aromatic heterocycles. The maximum atomic E-state index is 12.7. The lowest BCUT2D eigenvalue weighted by Crippen LogP contribution is -2.44. The van der Waals surface area contributed by atoms with Crippen LogP contribution in [0.3, 0.4) is 0 Å². The molecule has 8 heteroatoms. The second-order valence-electron chi connectivity index (χ2n) is 4.84. The fourth-order valence-electron chi connectivity index (χ4n) is 1.43. The Balaban J connectivity index is 2.72. The van der Waals surface area contributed by atoms with Crippen LogP contribution in [0.1, 0.15) is 13.8 Å². The summed E-state index contributed by atoms with van der Waals surface area (Å²) in [6.07, 6.45) is 0. The van der Waals surface area contributed by atoms with Gasteiger partial charge in [-0.05, 0) is 30.2 Å². The molecule has 21 heavy (non-hydrogen) atoms. The molecule has 0 heterocycles. The number of nitrogens with two attached hydrogens (primary N) is 1. The monoisotopic (exact) mass is 316 g/mol. The molecule has 1 aromatic rings. The molecular weight excluding hydrogens is 299 g/mol. The van der Waals surface area contributed by atoms with E-state index in [2.05, 4.69) is 0 Å². The number of halogens is 1. The van der Waals surface area contributed by atoms with Crippen LogP contribution in [0.15, 0.2) is 29.2 Å². The first-order valence-electron chi connectivity index (χ1n) is 6.23. The van der Waals surface area contributed by atoms with Crippen molar-refractivity contribution in [3.8, 4) is 0 Å². The molecule has 0 saturated carbocycles. The number of hydrogen-bond acceptors (Lipinski definition) is 5. The van der Waals surface area contributed by atoms with Crippen molar-refractivity contribution in [2.75, 3.05) is 6.54 Å². The summed E-state index contributed by atoms with van der Waals surface area (Å²) in [6, 6.07) is 3.12. The number of benzene rings is 1. The van der Waals surface area contributed by atoms with Crippen LogP contribution in [-0.4, -0.2) is 32.6 Å². The third-order valence-corrected chi connectivity index (χ3v) is 4.26. The predicted molar refractivity (Wildman–Crippen MR) is 74.4 cm³/mol. The smallest absolute Gasteiger partial charge is 0.240 e. The number of carbonyl (C=O) groups excluding carboxylic acids is 2. The van der Waals surface area contributed by atoms with Crippen molar-refractivity contribution in [3.63, 3.8) is 0 Å². The zero-order valence-electron chi connectivity index (χ0n) is 11.7. The fraction of sp³-hybridized carbons (Fsp3) is 0.385. The van der Waals surface area contributed by atoms with Crippen LogP contribution < -0.4 is 10.5 Å². The van der Waals surface area contributed by atoms with Crippen molar-refractivity contribution in [1.29, 1.82) is 0 Å². The highest BCUT2D eigenvalue weighted by Gasteiger charge is 2.25. The van der Waals surface area contributed by atoms with Gasteiger partial charge in [0, 0.05) is 0 Å². The van der Waals surface area contributed by atoms with Crippen LogP contribution in [0.4, 0.5) is 4.39 Å². The van der Waals surface area contributed by atoms with Gasteiger partial charge in [0.15, 0.2) is 0 Å². The van der Waals surface area contributed by atoms with Crippen LogP contribution >= 0.6 is 0 Å². The molecule has 1 atom stereocenters. The van der Waals surface area contributed by atoms with Gasteiger partial charge in [-0.15, -0.1) is 0 Å². The van der Waals surface area contributed by atoms with Crippen molar-refractivity contribution in [3.05, 3.63) is 30.1 Å². The van der Waals surface area contributed by atoms with E-state index < -0.39 is 40.0 Å². The summed E-state index contributed by atoms with van der Waals surface area (Å²) >= 11 is 0. The van der Waals surface area contributed by atoms with Gasteiger partial charge >= 0.3 is 0 Å². The highest BCUT2D eigenvalue weighted by atomic mass is 32.2. The standard InChI is InChI=1S/C13H17FN2O4S/c1-8(2)12(15)13(18)11(17)7-16-21(19,20)10-5-3-9(14)4-6-10/h3-6,8,12,16H,7,15H2,1-2H3/t12-/m0/s1. The Hall–Kier alpha value is -1.64. The molecule has 0 fully saturated rings. The summed E-state index contributed by atoms with van der Waals surface area (Å²) in [5.41, 5.74) is 5.54. The topological polar surface area (TPSA) is 106 Å². The van der Waals surface area contributed by atoms with Gasteiger partial charge in [0.2, 0.25) is 21.6 Å². The van der Waals surface area contributed by atoms with Crippen molar-refractivity contribution in [1.82, 2.24) is 4.72 Å². The minimum atomic E-state index is -3.98. The molecule has 1 rings (SSSR count). The first-order valence-corrected chi connectivity index (χ1v) is 7.71. The quantitative estimate of drug-likeness (QED) is 0.700. The molecule has 1 aromatic carbocycles. The maximum Gasteiger partial charge on any atom is 0.240 e. The molecular formula is C13H17FN2O4S. The summed E-state index contributed by atoms with van der Waals surface area (Å²) < 4.78 is 38.4. The molecule has 0 saturated heterocycles. The van der Waals surface area contributed by atoms with E-state index in [0.29, 0.717) is 0 Å². The summed E-state index contributed by atoms with van der Waals surface area (Å²) in [5.74, 6) is -2.55. The molecule has 3 N–H and O–H groups in total. The Morgan fingerprint density at radius 3 is 2.24 bits per heavy atom. The molecule has 0 spiro atoms. The Kier molecular flexibility index (Phi) is 5.70. The maximum absolute atomic E-state index is 12.7. The van der Waals surface area contributed by atoms with E-state index in [4.69, 9.17) is 5.73 Å². The van der Waals surface area contributed by atoms with Gasteiger partial charge in [0.25, 0.3) is 0 Å². The zero-order chi connectivity index (χ0) is 16.2. The fourth-order valence-corrected chi connectivity index (χ4v) is 2.42. The SMILES string of the molecule is CC(C)[C@H](N)C(=O)C(=O)CNS(=O)(=O)c1ccc(F)cc1. The first kappa shape index (κ1) is 17.4. The average Bonchev–Trinajstić information content (AvgIpc) is 2.43. The van der Waals surface area contributed by atoms with E-state index in [1.54, 1.807) is 13.8 Å². The third-order valence-electron chi connectivity index (χ3n) is 2.84. The number of ketones is 2. The van der Waals surface area contributed by atoms with Crippen molar-refractivity contribution >= 4 is 21.6 Å². The summed E-state index contributed by atoms with van der Waals surface area (Å²) in [5, 5.41) is 0. The molecule has 0 radical (unpaired) electrons. The van der Waals surface area contributed by atoms with Crippen molar-refractivity contribution < 1.29 is 22.4 Å². The van der Waals surface area contributed by atoms with Gasteiger partial charge < -0.3 is 5.73 Å². The average molecular weight is 316 g/mol. The molecule has 6 nitrogen and oxygen atoms in total. The Labute approximate surface area is 122 Å². The number of nitrogens with one attached hydrogen (secondary N) is 1. The van der Waals surface area contributed by atoms with Crippen LogP contribution in [0.2, 0.25) is 0 Å². The Bertz CT molecular complexity index is 626. The van der Waals surface area contributed by atoms with Crippen molar-refractivity contribution in [2.45, 2.75) is 24.8 Å². The number of Topliss-reactive ketones (excluding diaryl/α,β-unsaturated/α-hetero) is 2. The van der Waals surface area contributed by atoms with Crippen molar-refractivity contribution in [2.24, 2.45) is 11.7 Å². The van der Waals surface area contributed by atoms with Crippen LogP contribution in [0.25, 0.3) is 0 Å². The highest BCUT2D eigenvalue weighted by molar-refractivity contribution is 7.89. The van der Waals surface area contributed by atoms with Gasteiger partial charge in [0.1, 0.15) is 5.82 Å². The lowest BCUT2D eigenvalue weighted by Gasteiger charge is -2.13. The summed E-state index contributed by atoms with van der Waals surface area (Å²) in [4.78, 5) is 23.0.